The van der Waals surface area contributed by atoms with Gasteiger partial charge in [0.2, 0.25) is 0 Å². The van der Waals surface area contributed by atoms with Crippen molar-refractivity contribution >= 4 is 11.6 Å². The maximum atomic E-state index is 6.17. The molecule has 100 valence electrons. The highest BCUT2D eigenvalue weighted by molar-refractivity contribution is 6.30. The standard InChI is InChI=1S/C15H22ClNO/c1-11(18-10-13-3-2-4-13)15(17)9-12-5-7-14(16)8-6-12/h5-8,11,13,15H,2-4,9-10,17H2,1H3. The first-order valence-electron chi connectivity index (χ1n) is 6.77. The van der Waals surface area contributed by atoms with Crippen molar-refractivity contribution in [2.45, 2.75) is 44.8 Å². The van der Waals surface area contributed by atoms with Crippen molar-refractivity contribution in [1.82, 2.24) is 0 Å². The molecule has 1 fully saturated rings. The molecular weight excluding hydrogens is 246 g/mol. The highest BCUT2D eigenvalue weighted by Gasteiger charge is 2.20. The second kappa shape index (κ2) is 6.55. The maximum Gasteiger partial charge on any atom is 0.0701 e. The van der Waals surface area contributed by atoms with Crippen LogP contribution in [0.5, 0.6) is 0 Å². The molecule has 0 amide bonds. The summed E-state index contributed by atoms with van der Waals surface area (Å²) in [4.78, 5) is 0. The van der Waals surface area contributed by atoms with E-state index in [-0.39, 0.29) is 12.1 Å². The topological polar surface area (TPSA) is 35.2 Å². The molecule has 0 radical (unpaired) electrons. The van der Waals surface area contributed by atoms with Gasteiger partial charge in [-0.25, -0.2) is 0 Å². The number of nitrogens with two attached hydrogens (primary N) is 1. The summed E-state index contributed by atoms with van der Waals surface area (Å²) >= 11 is 5.86. The van der Waals surface area contributed by atoms with E-state index in [0.29, 0.717) is 0 Å². The van der Waals surface area contributed by atoms with Crippen molar-refractivity contribution in [3.05, 3.63) is 34.9 Å². The Morgan fingerprint density at radius 1 is 1.33 bits per heavy atom. The Kier molecular flexibility index (Phi) is 5.04. The van der Waals surface area contributed by atoms with Crippen LogP contribution in [0.3, 0.4) is 0 Å². The van der Waals surface area contributed by atoms with E-state index in [1.807, 2.05) is 24.3 Å². The first-order valence-corrected chi connectivity index (χ1v) is 7.14. The summed E-state index contributed by atoms with van der Waals surface area (Å²) in [7, 11) is 0. The lowest BCUT2D eigenvalue weighted by molar-refractivity contribution is 0.00764. The molecule has 2 atom stereocenters. The molecule has 0 heterocycles. The van der Waals surface area contributed by atoms with E-state index in [1.165, 1.54) is 24.8 Å². The molecule has 1 aliphatic carbocycles. The number of halogens is 1. The monoisotopic (exact) mass is 267 g/mol. The molecule has 2 rings (SSSR count). The lowest BCUT2D eigenvalue weighted by atomic mass is 9.86. The van der Waals surface area contributed by atoms with Gasteiger partial charge in [0.15, 0.2) is 0 Å². The van der Waals surface area contributed by atoms with Gasteiger partial charge in [-0.2, -0.15) is 0 Å². The average Bonchev–Trinajstić information content (AvgIpc) is 2.30. The Morgan fingerprint density at radius 3 is 2.56 bits per heavy atom. The van der Waals surface area contributed by atoms with Gasteiger partial charge in [-0.15, -0.1) is 0 Å². The van der Waals surface area contributed by atoms with Crippen LogP contribution in [0.25, 0.3) is 0 Å². The summed E-state index contributed by atoms with van der Waals surface area (Å²) in [6.07, 6.45) is 4.95. The highest BCUT2D eigenvalue weighted by Crippen LogP contribution is 2.26. The van der Waals surface area contributed by atoms with Gasteiger partial charge in [-0.3, -0.25) is 0 Å². The second-order valence-corrected chi connectivity index (χ2v) is 5.77. The molecule has 2 unspecified atom stereocenters. The Balaban J connectivity index is 1.75. The van der Waals surface area contributed by atoms with Gasteiger partial charge < -0.3 is 10.5 Å². The fourth-order valence-electron chi connectivity index (χ4n) is 2.13. The van der Waals surface area contributed by atoms with E-state index in [0.717, 1.165) is 24.0 Å². The van der Waals surface area contributed by atoms with Gasteiger partial charge in [-0.1, -0.05) is 30.2 Å². The third-order valence-electron chi connectivity index (χ3n) is 3.81. The van der Waals surface area contributed by atoms with Crippen LogP contribution in [0.4, 0.5) is 0 Å². The van der Waals surface area contributed by atoms with E-state index < -0.39 is 0 Å². The molecule has 0 spiro atoms. The third-order valence-corrected chi connectivity index (χ3v) is 4.06. The Labute approximate surface area is 114 Å². The lowest BCUT2D eigenvalue weighted by Gasteiger charge is -2.28. The molecule has 1 aliphatic rings. The number of benzene rings is 1. The summed E-state index contributed by atoms with van der Waals surface area (Å²) in [5, 5.41) is 0.765. The van der Waals surface area contributed by atoms with Crippen molar-refractivity contribution in [2.75, 3.05) is 6.61 Å². The molecule has 18 heavy (non-hydrogen) atoms. The van der Waals surface area contributed by atoms with Crippen molar-refractivity contribution in [3.63, 3.8) is 0 Å². The van der Waals surface area contributed by atoms with Crippen LogP contribution in [0, 0.1) is 5.92 Å². The van der Waals surface area contributed by atoms with E-state index in [2.05, 4.69) is 6.92 Å². The zero-order valence-electron chi connectivity index (χ0n) is 10.9. The van der Waals surface area contributed by atoms with Crippen LogP contribution in [-0.2, 0) is 11.2 Å². The van der Waals surface area contributed by atoms with Gasteiger partial charge in [0.25, 0.3) is 0 Å². The molecule has 0 saturated heterocycles. The molecule has 1 aromatic rings. The summed E-state index contributed by atoms with van der Waals surface area (Å²) in [6, 6.07) is 7.92. The molecule has 3 heteroatoms. The fraction of sp³-hybridized carbons (Fsp3) is 0.600. The molecule has 2 nitrogen and oxygen atoms in total. The van der Waals surface area contributed by atoms with Gasteiger partial charge in [0, 0.05) is 17.7 Å². The molecule has 0 aromatic heterocycles. The molecule has 1 aromatic carbocycles. The van der Waals surface area contributed by atoms with Gasteiger partial charge in [-0.05, 0) is 49.8 Å². The molecule has 2 N–H and O–H groups in total. The minimum Gasteiger partial charge on any atom is -0.377 e. The normalized spacial score (nSPS) is 19.3. The van der Waals surface area contributed by atoms with Crippen LogP contribution in [0.2, 0.25) is 5.02 Å². The van der Waals surface area contributed by atoms with Gasteiger partial charge in [0.1, 0.15) is 0 Å². The molecule has 0 bridgehead atoms. The van der Waals surface area contributed by atoms with Crippen molar-refractivity contribution in [2.24, 2.45) is 11.7 Å². The quantitative estimate of drug-likeness (QED) is 0.857. The van der Waals surface area contributed by atoms with Crippen LogP contribution < -0.4 is 5.73 Å². The molecule has 1 saturated carbocycles. The minimum atomic E-state index is 0.0475. The largest absolute Gasteiger partial charge is 0.377 e. The fourth-order valence-corrected chi connectivity index (χ4v) is 2.26. The number of hydrogen-bond donors (Lipinski definition) is 1. The van der Waals surface area contributed by atoms with Crippen LogP contribution in [0.1, 0.15) is 31.7 Å². The number of hydrogen-bond acceptors (Lipinski definition) is 2. The average molecular weight is 268 g/mol. The number of ether oxygens (including phenoxy) is 1. The minimum absolute atomic E-state index is 0.0475. The Morgan fingerprint density at radius 2 is 2.00 bits per heavy atom. The van der Waals surface area contributed by atoms with Crippen LogP contribution in [0.15, 0.2) is 24.3 Å². The molecular formula is C15H22ClNO. The maximum absolute atomic E-state index is 6.17. The Bertz CT molecular complexity index is 361. The van der Waals surface area contributed by atoms with Crippen LogP contribution >= 0.6 is 11.6 Å². The summed E-state index contributed by atoms with van der Waals surface area (Å²) in [5.74, 6) is 0.773. The summed E-state index contributed by atoms with van der Waals surface area (Å²) in [6.45, 7) is 2.94. The predicted octanol–water partition coefficient (Wildman–Crippen LogP) is 3.42. The van der Waals surface area contributed by atoms with E-state index in [9.17, 15) is 0 Å². The van der Waals surface area contributed by atoms with Crippen molar-refractivity contribution < 1.29 is 4.74 Å². The first kappa shape index (κ1) is 13.9. The van der Waals surface area contributed by atoms with Gasteiger partial charge in [0.05, 0.1) is 6.10 Å². The smallest absolute Gasteiger partial charge is 0.0701 e. The third kappa shape index (κ3) is 3.98. The summed E-state index contributed by atoms with van der Waals surface area (Å²) in [5.41, 5.74) is 7.39. The predicted molar refractivity (Wildman–Crippen MR) is 75.9 cm³/mol. The number of rotatable bonds is 6. The van der Waals surface area contributed by atoms with Crippen molar-refractivity contribution in [1.29, 1.82) is 0 Å². The lowest BCUT2D eigenvalue weighted by Crippen LogP contribution is -2.38. The zero-order chi connectivity index (χ0) is 13.0. The summed E-state index contributed by atoms with van der Waals surface area (Å²) < 4.78 is 5.85. The first-order chi connectivity index (χ1) is 8.65. The SMILES string of the molecule is CC(OCC1CCC1)C(N)Cc1ccc(Cl)cc1. The van der Waals surface area contributed by atoms with Crippen LogP contribution in [-0.4, -0.2) is 18.8 Å². The van der Waals surface area contributed by atoms with E-state index in [1.54, 1.807) is 0 Å². The highest BCUT2D eigenvalue weighted by atomic mass is 35.5. The molecule has 0 aliphatic heterocycles. The second-order valence-electron chi connectivity index (χ2n) is 5.33. The van der Waals surface area contributed by atoms with Gasteiger partial charge >= 0.3 is 0 Å². The van der Waals surface area contributed by atoms with E-state index >= 15 is 0 Å². The van der Waals surface area contributed by atoms with Crippen molar-refractivity contribution in [3.8, 4) is 0 Å². The zero-order valence-corrected chi connectivity index (χ0v) is 11.7. The Hall–Kier alpha value is -0.570. The van der Waals surface area contributed by atoms with E-state index in [4.69, 9.17) is 22.1 Å².